The first-order valence-electron chi connectivity index (χ1n) is 9.86. The van der Waals surface area contributed by atoms with Crippen LogP contribution in [0.15, 0.2) is 77.4 Å². The van der Waals surface area contributed by atoms with Crippen molar-refractivity contribution in [1.29, 1.82) is 0 Å². The van der Waals surface area contributed by atoms with E-state index in [2.05, 4.69) is 15.7 Å². The Morgan fingerprint density at radius 1 is 1.00 bits per heavy atom. The molecule has 4 aromatic rings. The van der Waals surface area contributed by atoms with Crippen LogP contribution in [0.4, 0.5) is 5.69 Å². The fraction of sp³-hybridized carbons (Fsp3) is 0.125. The maximum absolute atomic E-state index is 12.9. The molecule has 31 heavy (non-hydrogen) atoms. The summed E-state index contributed by atoms with van der Waals surface area (Å²) < 4.78 is 6.95. The number of benzene rings is 2. The third-order valence-corrected chi connectivity index (χ3v) is 5.00. The van der Waals surface area contributed by atoms with Crippen LogP contribution in [0.1, 0.15) is 21.6 Å². The lowest BCUT2D eigenvalue weighted by molar-refractivity contribution is -0.115. The second-order valence-electron chi connectivity index (χ2n) is 7.12. The van der Waals surface area contributed by atoms with Gasteiger partial charge in [-0.2, -0.15) is 5.10 Å². The molecule has 0 atom stereocenters. The number of carbonyl (C=O) groups excluding carboxylic acids is 2. The van der Waals surface area contributed by atoms with E-state index in [-0.39, 0.29) is 12.5 Å². The molecule has 4 rings (SSSR count). The fourth-order valence-electron chi connectivity index (χ4n) is 3.19. The number of aromatic nitrogens is 2. The average molecular weight is 414 g/mol. The molecule has 0 spiro atoms. The lowest BCUT2D eigenvalue weighted by Gasteiger charge is -2.11. The molecule has 2 amide bonds. The number of para-hydroxylation sites is 1. The first-order valence-corrected chi connectivity index (χ1v) is 9.86. The summed E-state index contributed by atoms with van der Waals surface area (Å²) in [6.45, 7) is 3.76. The molecule has 2 aromatic carbocycles. The predicted molar refractivity (Wildman–Crippen MR) is 118 cm³/mol. The van der Waals surface area contributed by atoms with Gasteiger partial charge in [0.1, 0.15) is 11.4 Å². The zero-order valence-electron chi connectivity index (χ0n) is 17.3. The maximum atomic E-state index is 12.9. The van der Waals surface area contributed by atoms with Gasteiger partial charge in [-0.15, -0.1) is 0 Å². The lowest BCUT2D eigenvalue weighted by Crippen LogP contribution is -2.34. The van der Waals surface area contributed by atoms with Crippen molar-refractivity contribution in [2.75, 3.05) is 11.9 Å². The average Bonchev–Trinajstić information content (AvgIpc) is 3.46. The Morgan fingerprint density at radius 3 is 2.55 bits per heavy atom. The molecule has 0 fully saturated rings. The summed E-state index contributed by atoms with van der Waals surface area (Å²) in [5, 5.41) is 10.0. The smallest absolute Gasteiger partial charge is 0.270 e. The molecular weight excluding hydrogens is 392 g/mol. The summed E-state index contributed by atoms with van der Waals surface area (Å²) in [5.74, 6) is -0.166. The van der Waals surface area contributed by atoms with Crippen molar-refractivity contribution in [2.45, 2.75) is 13.8 Å². The Hall–Kier alpha value is -4.13. The lowest BCUT2D eigenvalue weighted by atomic mass is 10.1. The van der Waals surface area contributed by atoms with Crippen LogP contribution in [-0.2, 0) is 4.79 Å². The van der Waals surface area contributed by atoms with Crippen molar-refractivity contribution in [3.8, 4) is 17.1 Å². The molecule has 7 nitrogen and oxygen atoms in total. The maximum Gasteiger partial charge on any atom is 0.270 e. The Morgan fingerprint density at radius 2 is 1.81 bits per heavy atom. The number of hydrogen-bond donors (Lipinski definition) is 2. The van der Waals surface area contributed by atoms with Crippen LogP contribution in [-0.4, -0.2) is 28.1 Å². The van der Waals surface area contributed by atoms with Crippen molar-refractivity contribution in [3.63, 3.8) is 0 Å². The van der Waals surface area contributed by atoms with E-state index in [0.29, 0.717) is 17.1 Å². The van der Waals surface area contributed by atoms with Gasteiger partial charge in [0.15, 0.2) is 5.76 Å². The summed E-state index contributed by atoms with van der Waals surface area (Å²) in [5.41, 5.74) is 4.36. The van der Waals surface area contributed by atoms with Gasteiger partial charge in [0.25, 0.3) is 5.91 Å². The minimum absolute atomic E-state index is 0.164. The molecule has 0 aliphatic rings. The Kier molecular flexibility index (Phi) is 5.66. The molecule has 7 heteroatoms. The Balaban J connectivity index is 1.52. The van der Waals surface area contributed by atoms with Gasteiger partial charge < -0.3 is 15.1 Å². The molecule has 0 aliphatic heterocycles. The molecule has 2 heterocycles. The zero-order valence-corrected chi connectivity index (χ0v) is 17.3. The molecule has 0 radical (unpaired) electrons. The van der Waals surface area contributed by atoms with E-state index in [1.54, 1.807) is 24.5 Å². The van der Waals surface area contributed by atoms with E-state index >= 15 is 0 Å². The number of carbonyl (C=O) groups is 2. The molecule has 2 N–H and O–H groups in total. The third kappa shape index (κ3) is 4.40. The van der Waals surface area contributed by atoms with Gasteiger partial charge in [0.2, 0.25) is 5.91 Å². The van der Waals surface area contributed by atoms with Crippen LogP contribution < -0.4 is 10.6 Å². The monoisotopic (exact) mass is 414 g/mol. The third-order valence-electron chi connectivity index (χ3n) is 5.00. The van der Waals surface area contributed by atoms with E-state index in [1.165, 1.54) is 4.68 Å². The first kappa shape index (κ1) is 20.2. The van der Waals surface area contributed by atoms with Crippen molar-refractivity contribution >= 4 is 17.5 Å². The van der Waals surface area contributed by atoms with Crippen LogP contribution in [0.2, 0.25) is 0 Å². The molecule has 2 aromatic heterocycles. The molecule has 0 aliphatic carbocycles. The SMILES string of the molecule is Cc1cccc(NC(=O)CNC(=O)c2cc(-c3ccco3)nn2-c2ccccc2)c1C. The van der Waals surface area contributed by atoms with E-state index in [9.17, 15) is 9.59 Å². The molecular formula is C24H22N4O3. The molecule has 0 saturated carbocycles. The number of rotatable bonds is 6. The molecule has 156 valence electrons. The van der Waals surface area contributed by atoms with Crippen molar-refractivity contribution in [1.82, 2.24) is 15.1 Å². The minimum Gasteiger partial charge on any atom is -0.463 e. The number of hydrogen-bond acceptors (Lipinski definition) is 4. The minimum atomic E-state index is -0.412. The number of anilines is 1. The number of aryl methyl sites for hydroxylation is 1. The van der Waals surface area contributed by atoms with Gasteiger partial charge in [-0.1, -0.05) is 30.3 Å². The quantitative estimate of drug-likeness (QED) is 0.497. The van der Waals surface area contributed by atoms with E-state index in [4.69, 9.17) is 4.42 Å². The summed E-state index contributed by atoms with van der Waals surface area (Å²) in [4.78, 5) is 25.3. The normalized spacial score (nSPS) is 10.6. The summed E-state index contributed by atoms with van der Waals surface area (Å²) >= 11 is 0. The van der Waals surface area contributed by atoms with Gasteiger partial charge in [0.05, 0.1) is 18.5 Å². The molecule has 0 unspecified atom stereocenters. The van der Waals surface area contributed by atoms with Crippen LogP contribution >= 0.6 is 0 Å². The Bertz CT molecular complexity index is 1210. The van der Waals surface area contributed by atoms with Gasteiger partial charge in [-0.25, -0.2) is 4.68 Å². The number of nitrogens with zero attached hydrogens (tertiary/aromatic N) is 2. The largest absolute Gasteiger partial charge is 0.463 e. The number of nitrogens with one attached hydrogen (secondary N) is 2. The second-order valence-corrected chi connectivity index (χ2v) is 7.12. The van der Waals surface area contributed by atoms with Gasteiger partial charge in [0, 0.05) is 11.8 Å². The van der Waals surface area contributed by atoms with Gasteiger partial charge >= 0.3 is 0 Å². The second kappa shape index (κ2) is 8.71. The van der Waals surface area contributed by atoms with Crippen molar-refractivity contribution in [3.05, 3.63) is 89.8 Å². The molecule has 0 saturated heterocycles. The van der Waals surface area contributed by atoms with Crippen molar-refractivity contribution in [2.24, 2.45) is 0 Å². The van der Waals surface area contributed by atoms with Crippen LogP contribution in [0.3, 0.4) is 0 Å². The van der Waals surface area contributed by atoms with E-state index in [1.807, 2.05) is 62.4 Å². The van der Waals surface area contributed by atoms with Crippen LogP contribution in [0.25, 0.3) is 17.1 Å². The van der Waals surface area contributed by atoms with Crippen LogP contribution in [0.5, 0.6) is 0 Å². The summed E-state index contributed by atoms with van der Waals surface area (Å²) in [6.07, 6.45) is 1.55. The highest BCUT2D eigenvalue weighted by molar-refractivity contribution is 5.99. The topological polar surface area (TPSA) is 89.2 Å². The summed E-state index contributed by atoms with van der Waals surface area (Å²) in [7, 11) is 0. The highest BCUT2D eigenvalue weighted by atomic mass is 16.3. The predicted octanol–water partition coefficient (Wildman–Crippen LogP) is 4.12. The van der Waals surface area contributed by atoms with Gasteiger partial charge in [-0.3, -0.25) is 9.59 Å². The molecule has 0 bridgehead atoms. The van der Waals surface area contributed by atoms with E-state index < -0.39 is 5.91 Å². The standard InChI is InChI=1S/C24H22N4O3/c1-16-8-6-11-19(17(16)2)26-23(29)15-25-24(30)21-14-20(22-12-7-13-31-22)27-28(21)18-9-4-3-5-10-18/h3-14H,15H2,1-2H3,(H,25,30)(H,26,29). The highest BCUT2D eigenvalue weighted by Gasteiger charge is 2.19. The first-order chi connectivity index (χ1) is 15.0. The highest BCUT2D eigenvalue weighted by Crippen LogP contribution is 2.22. The van der Waals surface area contributed by atoms with Gasteiger partial charge in [-0.05, 0) is 55.3 Å². The zero-order chi connectivity index (χ0) is 21.8. The summed E-state index contributed by atoms with van der Waals surface area (Å²) in [6, 6.07) is 20.2. The fourth-order valence-corrected chi connectivity index (χ4v) is 3.19. The van der Waals surface area contributed by atoms with Crippen LogP contribution in [0, 0.1) is 13.8 Å². The van der Waals surface area contributed by atoms with E-state index in [0.717, 1.165) is 22.5 Å². The van der Waals surface area contributed by atoms with Crippen molar-refractivity contribution < 1.29 is 14.0 Å². The number of furan rings is 1. The Labute approximate surface area is 179 Å². The number of amides is 2.